The number of aliphatic hydroxyl groups is 1. The molecule has 1 aromatic carbocycles. The van der Waals surface area contributed by atoms with Crippen molar-refractivity contribution in [1.29, 1.82) is 0 Å². The van der Waals surface area contributed by atoms with Gasteiger partial charge in [0, 0.05) is 0 Å². The number of aliphatic hydroxyl groups excluding tert-OH is 1. The van der Waals surface area contributed by atoms with Crippen LogP contribution < -0.4 is 4.74 Å². The van der Waals surface area contributed by atoms with E-state index in [0.717, 1.165) is 18.6 Å². The van der Waals surface area contributed by atoms with E-state index >= 15 is 0 Å². The molecule has 0 aromatic heterocycles. The van der Waals surface area contributed by atoms with Crippen LogP contribution in [0.5, 0.6) is 5.75 Å². The molecule has 1 aliphatic carbocycles. The molecule has 1 saturated carbocycles. The van der Waals surface area contributed by atoms with E-state index in [1.54, 1.807) is 0 Å². The number of benzene rings is 1. The van der Waals surface area contributed by atoms with Crippen LogP contribution in [0.1, 0.15) is 25.7 Å². The minimum absolute atomic E-state index is 0.298. The first-order valence-corrected chi connectivity index (χ1v) is 5.72. The van der Waals surface area contributed by atoms with E-state index in [0.29, 0.717) is 12.5 Å². The van der Waals surface area contributed by atoms with Gasteiger partial charge in [-0.3, -0.25) is 0 Å². The highest BCUT2D eigenvalue weighted by molar-refractivity contribution is 5.20. The molecule has 2 nitrogen and oxygen atoms in total. The molecule has 1 aromatic rings. The molecule has 2 heteroatoms. The van der Waals surface area contributed by atoms with Gasteiger partial charge in [-0.1, -0.05) is 31.0 Å². The number of para-hydroxylation sites is 1. The fraction of sp³-hybridized carbons (Fsp3) is 0.538. The summed E-state index contributed by atoms with van der Waals surface area (Å²) in [7, 11) is 0. The first kappa shape index (κ1) is 10.5. The number of hydrogen-bond acceptors (Lipinski definition) is 2. The summed E-state index contributed by atoms with van der Waals surface area (Å²) in [5.41, 5.74) is 0. The van der Waals surface area contributed by atoms with Crippen LogP contribution in [0.15, 0.2) is 30.3 Å². The Labute approximate surface area is 90.9 Å². The molecule has 1 unspecified atom stereocenters. The average Bonchev–Trinajstić information content (AvgIpc) is 2.81. The molecule has 1 aliphatic rings. The quantitative estimate of drug-likeness (QED) is 0.820. The van der Waals surface area contributed by atoms with Gasteiger partial charge in [-0.05, 0) is 30.9 Å². The van der Waals surface area contributed by atoms with Gasteiger partial charge in [-0.2, -0.15) is 0 Å². The molecule has 1 N–H and O–H groups in total. The Balaban J connectivity index is 1.77. The fourth-order valence-electron chi connectivity index (χ4n) is 2.18. The second-order valence-corrected chi connectivity index (χ2v) is 4.24. The molecule has 0 heterocycles. The van der Waals surface area contributed by atoms with E-state index in [1.165, 1.54) is 12.8 Å². The molecule has 82 valence electrons. The van der Waals surface area contributed by atoms with Crippen LogP contribution in [0.2, 0.25) is 0 Å². The molecule has 0 aliphatic heterocycles. The normalized spacial score (nSPS) is 19.0. The molecule has 0 radical (unpaired) electrons. The van der Waals surface area contributed by atoms with Crippen molar-refractivity contribution < 1.29 is 9.84 Å². The maximum atomic E-state index is 9.89. The molecule has 0 spiro atoms. The van der Waals surface area contributed by atoms with Gasteiger partial charge >= 0.3 is 0 Å². The Morgan fingerprint density at radius 3 is 2.53 bits per heavy atom. The zero-order valence-electron chi connectivity index (χ0n) is 8.93. The Kier molecular flexibility index (Phi) is 3.62. The molecule has 0 saturated heterocycles. The largest absolute Gasteiger partial charge is 0.491 e. The van der Waals surface area contributed by atoms with Gasteiger partial charge in [0.25, 0.3) is 0 Å². The van der Waals surface area contributed by atoms with Crippen molar-refractivity contribution in [2.24, 2.45) is 5.92 Å². The lowest BCUT2D eigenvalue weighted by Gasteiger charge is -2.17. The second-order valence-electron chi connectivity index (χ2n) is 4.24. The molecular weight excluding hydrogens is 188 g/mol. The minimum Gasteiger partial charge on any atom is -0.491 e. The van der Waals surface area contributed by atoms with Gasteiger partial charge in [-0.25, -0.2) is 0 Å². The zero-order valence-corrected chi connectivity index (χ0v) is 8.93. The summed E-state index contributed by atoms with van der Waals surface area (Å²) in [5, 5.41) is 9.89. The van der Waals surface area contributed by atoms with Crippen molar-refractivity contribution in [3.05, 3.63) is 30.3 Å². The second kappa shape index (κ2) is 5.17. The van der Waals surface area contributed by atoms with Gasteiger partial charge in [0.05, 0.1) is 6.10 Å². The molecule has 2 rings (SSSR count). The highest BCUT2D eigenvalue weighted by atomic mass is 16.5. The van der Waals surface area contributed by atoms with Crippen LogP contribution in [-0.4, -0.2) is 17.8 Å². The molecule has 0 amide bonds. The average molecular weight is 206 g/mol. The van der Waals surface area contributed by atoms with Crippen LogP contribution in [0, 0.1) is 5.92 Å². The predicted molar refractivity (Wildman–Crippen MR) is 59.9 cm³/mol. The number of rotatable bonds is 4. The third kappa shape index (κ3) is 2.96. The van der Waals surface area contributed by atoms with E-state index in [-0.39, 0.29) is 6.10 Å². The van der Waals surface area contributed by atoms with E-state index in [4.69, 9.17) is 4.74 Å². The van der Waals surface area contributed by atoms with Crippen molar-refractivity contribution >= 4 is 0 Å². The van der Waals surface area contributed by atoms with Crippen molar-refractivity contribution in [1.82, 2.24) is 0 Å². The Morgan fingerprint density at radius 2 is 1.87 bits per heavy atom. The minimum atomic E-state index is -0.298. The van der Waals surface area contributed by atoms with Crippen molar-refractivity contribution in [2.45, 2.75) is 31.8 Å². The highest BCUT2D eigenvalue weighted by Gasteiger charge is 2.23. The van der Waals surface area contributed by atoms with Gasteiger partial charge < -0.3 is 9.84 Å². The summed E-state index contributed by atoms with van der Waals surface area (Å²) in [6.45, 7) is 0.425. The summed E-state index contributed by atoms with van der Waals surface area (Å²) < 4.78 is 5.53. The van der Waals surface area contributed by atoms with E-state index < -0.39 is 0 Å². The molecule has 1 fully saturated rings. The smallest absolute Gasteiger partial charge is 0.119 e. The van der Waals surface area contributed by atoms with Crippen molar-refractivity contribution in [3.63, 3.8) is 0 Å². The third-order valence-electron chi connectivity index (χ3n) is 3.11. The van der Waals surface area contributed by atoms with E-state index in [9.17, 15) is 5.11 Å². The summed E-state index contributed by atoms with van der Waals surface area (Å²) in [6.07, 6.45) is 4.52. The highest BCUT2D eigenvalue weighted by Crippen LogP contribution is 2.27. The Hall–Kier alpha value is -1.02. The third-order valence-corrected chi connectivity index (χ3v) is 3.11. The fourth-order valence-corrected chi connectivity index (χ4v) is 2.18. The SMILES string of the molecule is OC(COc1ccccc1)C1CCCC1. The number of hydrogen-bond donors (Lipinski definition) is 1. The van der Waals surface area contributed by atoms with Gasteiger partial charge in [0.15, 0.2) is 0 Å². The number of ether oxygens (including phenoxy) is 1. The van der Waals surface area contributed by atoms with Crippen LogP contribution in [0.3, 0.4) is 0 Å². The van der Waals surface area contributed by atoms with Crippen LogP contribution in [-0.2, 0) is 0 Å². The van der Waals surface area contributed by atoms with E-state index in [1.807, 2.05) is 30.3 Å². The first-order chi connectivity index (χ1) is 7.36. The van der Waals surface area contributed by atoms with Gasteiger partial charge in [0.1, 0.15) is 12.4 Å². The summed E-state index contributed by atoms with van der Waals surface area (Å²) in [6, 6.07) is 9.68. The van der Waals surface area contributed by atoms with Crippen LogP contribution >= 0.6 is 0 Å². The predicted octanol–water partition coefficient (Wildman–Crippen LogP) is 2.62. The van der Waals surface area contributed by atoms with Gasteiger partial charge in [-0.15, -0.1) is 0 Å². The molecule has 1 atom stereocenters. The maximum absolute atomic E-state index is 9.89. The summed E-state index contributed by atoms with van der Waals surface area (Å²) >= 11 is 0. The lowest BCUT2D eigenvalue weighted by molar-refractivity contribution is 0.0593. The van der Waals surface area contributed by atoms with Crippen molar-refractivity contribution in [2.75, 3.05) is 6.61 Å². The van der Waals surface area contributed by atoms with Gasteiger partial charge in [0.2, 0.25) is 0 Å². The monoisotopic (exact) mass is 206 g/mol. The zero-order chi connectivity index (χ0) is 10.5. The topological polar surface area (TPSA) is 29.5 Å². The van der Waals surface area contributed by atoms with Crippen LogP contribution in [0.4, 0.5) is 0 Å². The Bertz CT molecular complexity index is 278. The summed E-state index contributed by atoms with van der Waals surface area (Å²) in [5.74, 6) is 1.29. The summed E-state index contributed by atoms with van der Waals surface area (Å²) in [4.78, 5) is 0. The van der Waals surface area contributed by atoms with Crippen molar-refractivity contribution in [3.8, 4) is 5.75 Å². The Morgan fingerprint density at radius 1 is 1.20 bits per heavy atom. The maximum Gasteiger partial charge on any atom is 0.119 e. The molecule has 0 bridgehead atoms. The lowest BCUT2D eigenvalue weighted by atomic mass is 10.0. The first-order valence-electron chi connectivity index (χ1n) is 5.72. The standard InChI is InChI=1S/C13H18O2/c14-13(11-6-4-5-7-11)10-15-12-8-2-1-3-9-12/h1-3,8-9,11,13-14H,4-7,10H2. The molecular formula is C13H18O2. The lowest BCUT2D eigenvalue weighted by Crippen LogP contribution is -2.25. The van der Waals surface area contributed by atoms with Crippen LogP contribution in [0.25, 0.3) is 0 Å². The molecule has 15 heavy (non-hydrogen) atoms. The van der Waals surface area contributed by atoms with E-state index in [2.05, 4.69) is 0 Å².